The second kappa shape index (κ2) is 8.56. The summed E-state index contributed by atoms with van der Waals surface area (Å²) in [6.45, 7) is 4.91. The first-order chi connectivity index (χ1) is 13.7. The Balaban J connectivity index is 1.39. The normalized spacial score (nSPS) is 20.1. The number of carbonyl (C=O) groups excluding carboxylic acids is 1. The molecule has 0 bridgehead atoms. The number of aromatic nitrogens is 1. The first kappa shape index (κ1) is 18.7. The molecular weight excluding hydrogens is 359 g/mol. The Morgan fingerprint density at radius 1 is 1.11 bits per heavy atom. The van der Waals surface area contributed by atoms with Crippen molar-refractivity contribution >= 4 is 11.7 Å². The number of likely N-dealkylation sites (tertiary alicyclic amines) is 1. The highest BCUT2D eigenvalue weighted by molar-refractivity contribution is 5.93. The molecule has 1 unspecified atom stereocenters. The number of anilines is 1. The summed E-state index contributed by atoms with van der Waals surface area (Å²) in [5.74, 6) is 1.12. The second-order valence-corrected chi connectivity index (χ2v) is 7.21. The molecule has 4 rings (SSSR count). The summed E-state index contributed by atoms with van der Waals surface area (Å²) in [5, 5.41) is 3.38. The van der Waals surface area contributed by atoms with Crippen LogP contribution in [0.2, 0.25) is 0 Å². The fraction of sp³-hybridized carbons (Fsp3) is 0.429. The van der Waals surface area contributed by atoms with Gasteiger partial charge in [-0.3, -0.25) is 4.79 Å². The summed E-state index contributed by atoms with van der Waals surface area (Å²) < 4.78 is 18.9. The highest BCUT2D eigenvalue weighted by Gasteiger charge is 2.29. The standard InChI is InChI=1S/C21H25FN4O2/c22-16-5-7-17(8-6-16)28-18-9-13-26(15-18)21(27)19-3-1-4-20(24-19)25-12-2-10-23-11-14-25/h1,3-8,18,23H,2,9-15H2. The van der Waals surface area contributed by atoms with Crippen molar-refractivity contribution in [1.82, 2.24) is 15.2 Å². The number of nitrogens with zero attached hydrogens (tertiary/aromatic N) is 3. The van der Waals surface area contributed by atoms with Crippen LogP contribution in [0.1, 0.15) is 23.3 Å². The van der Waals surface area contributed by atoms with Gasteiger partial charge < -0.3 is 19.9 Å². The van der Waals surface area contributed by atoms with Crippen molar-refractivity contribution in [1.29, 1.82) is 0 Å². The number of pyridine rings is 1. The van der Waals surface area contributed by atoms with Crippen LogP contribution in [0.3, 0.4) is 0 Å². The first-order valence-corrected chi connectivity index (χ1v) is 9.83. The predicted octanol–water partition coefficient (Wildman–Crippen LogP) is 2.31. The number of ether oxygens (including phenoxy) is 1. The summed E-state index contributed by atoms with van der Waals surface area (Å²) in [4.78, 5) is 21.6. The van der Waals surface area contributed by atoms with E-state index in [0.717, 1.165) is 44.8 Å². The van der Waals surface area contributed by atoms with Gasteiger partial charge in [0.1, 0.15) is 29.2 Å². The van der Waals surface area contributed by atoms with Gasteiger partial charge in [0, 0.05) is 32.6 Å². The number of carbonyl (C=O) groups is 1. The molecule has 6 nitrogen and oxygen atoms in total. The second-order valence-electron chi connectivity index (χ2n) is 7.21. The van der Waals surface area contributed by atoms with Crippen LogP contribution in [0.25, 0.3) is 0 Å². The Morgan fingerprint density at radius 2 is 1.96 bits per heavy atom. The molecule has 0 radical (unpaired) electrons. The molecule has 148 valence electrons. The fourth-order valence-electron chi connectivity index (χ4n) is 3.67. The molecule has 3 heterocycles. The van der Waals surface area contributed by atoms with E-state index in [2.05, 4.69) is 15.2 Å². The lowest BCUT2D eigenvalue weighted by molar-refractivity contribution is 0.0766. The van der Waals surface area contributed by atoms with Gasteiger partial charge in [-0.2, -0.15) is 0 Å². The summed E-state index contributed by atoms with van der Waals surface area (Å²) >= 11 is 0. The van der Waals surface area contributed by atoms with Crippen LogP contribution in [0.4, 0.5) is 10.2 Å². The molecule has 1 aromatic heterocycles. The van der Waals surface area contributed by atoms with E-state index in [1.54, 1.807) is 23.1 Å². The Hall–Kier alpha value is -2.67. The number of rotatable bonds is 4. The van der Waals surface area contributed by atoms with Crippen LogP contribution in [0, 0.1) is 5.82 Å². The lowest BCUT2D eigenvalue weighted by Crippen LogP contribution is -2.32. The quantitative estimate of drug-likeness (QED) is 0.877. The molecule has 2 saturated heterocycles. The van der Waals surface area contributed by atoms with Crippen molar-refractivity contribution in [3.8, 4) is 5.75 Å². The minimum atomic E-state index is -0.290. The maximum Gasteiger partial charge on any atom is 0.272 e. The van der Waals surface area contributed by atoms with Crippen LogP contribution in [-0.4, -0.2) is 61.2 Å². The number of hydrogen-bond donors (Lipinski definition) is 1. The third-order valence-electron chi connectivity index (χ3n) is 5.17. The van der Waals surface area contributed by atoms with E-state index < -0.39 is 0 Å². The summed E-state index contributed by atoms with van der Waals surface area (Å²) in [6.07, 6.45) is 1.73. The van der Waals surface area contributed by atoms with E-state index in [1.807, 2.05) is 12.1 Å². The van der Waals surface area contributed by atoms with Gasteiger partial charge in [0.05, 0.1) is 6.54 Å². The first-order valence-electron chi connectivity index (χ1n) is 9.83. The maximum atomic E-state index is 13.0. The Labute approximate surface area is 164 Å². The molecular formula is C21H25FN4O2. The van der Waals surface area contributed by atoms with Crippen LogP contribution >= 0.6 is 0 Å². The van der Waals surface area contributed by atoms with Crippen LogP contribution in [0.15, 0.2) is 42.5 Å². The highest BCUT2D eigenvalue weighted by atomic mass is 19.1. The van der Waals surface area contributed by atoms with E-state index in [-0.39, 0.29) is 17.8 Å². The largest absolute Gasteiger partial charge is 0.489 e. The lowest BCUT2D eigenvalue weighted by Gasteiger charge is -2.22. The Kier molecular flexibility index (Phi) is 5.71. The molecule has 28 heavy (non-hydrogen) atoms. The molecule has 1 aromatic carbocycles. The number of amides is 1. The van der Waals surface area contributed by atoms with E-state index in [1.165, 1.54) is 12.1 Å². The summed E-state index contributed by atoms with van der Waals surface area (Å²) in [6, 6.07) is 11.6. The zero-order valence-corrected chi connectivity index (χ0v) is 15.8. The van der Waals surface area contributed by atoms with E-state index in [0.29, 0.717) is 24.5 Å². The Bertz CT molecular complexity index is 806. The highest BCUT2D eigenvalue weighted by Crippen LogP contribution is 2.21. The Morgan fingerprint density at radius 3 is 2.82 bits per heavy atom. The van der Waals surface area contributed by atoms with Gasteiger partial charge in [0.2, 0.25) is 0 Å². The summed E-state index contributed by atoms with van der Waals surface area (Å²) in [5.41, 5.74) is 0.470. The van der Waals surface area contributed by atoms with Crippen molar-refractivity contribution < 1.29 is 13.9 Å². The predicted molar refractivity (Wildman–Crippen MR) is 105 cm³/mol. The molecule has 1 amide bonds. The minimum Gasteiger partial charge on any atom is -0.489 e. The zero-order chi connectivity index (χ0) is 19.3. The zero-order valence-electron chi connectivity index (χ0n) is 15.8. The fourth-order valence-corrected chi connectivity index (χ4v) is 3.67. The van der Waals surface area contributed by atoms with Gasteiger partial charge in [0.25, 0.3) is 5.91 Å². The smallest absolute Gasteiger partial charge is 0.272 e. The third-order valence-corrected chi connectivity index (χ3v) is 5.17. The molecule has 2 aromatic rings. The van der Waals surface area contributed by atoms with Gasteiger partial charge in [-0.1, -0.05) is 6.07 Å². The van der Waals surface area contributed by atoms with Gasteiger partial charge in [-0.05, 0) is 49.4 Å². The van der Waals surface area contributed by atoms with E-state index in [4.69, 9.17) is 4.74 Å². The van der Waals surface area contributed by atoms with Crippen molar-refractivity contribution in [2.75, 3.05) is 44.2 Å². The van der Waals surface area contributed by atoms with Crippen molar-refractivity contribution in [3.05, 3.63) is 54.0 Å². The van der Waals surface area contributed by atoms with Crippen molar-refractivity contribution in [2.45, 2.75) is 18.9 Å². The van der Waals surface area contributed by atoms with Crippen molar-refractivity contribution in [3.63, 3.8) is 0 Å². The van der Waals surface area contributed by atoms with E-state index in [9.17, 15) is 9.18 Å². The molecule has 1 atom stereocenters. The van der Waals surface area contributed by atoms with Crippen LogP contribution in [0.5, 0.6) is 5.75 Å². The van der Waals surface area contributed by atoms with Crippen LogP contribution in [-0.2, 0) is 0 Å². The average Bonchev–Trinajstić information content (AvgIpc) is 3.01. The number of benzene rings is 1. The van der Waals surface area contributed by atoms with Gasteiger partial charge >= 0.3 is 0 Å². The summed E-state index contributed by atoms with van der Waals surface area (Å²) in [7, 11) is 0. The average molecular weight is 384 g/mol. The van der Waals surface area contributed by atoms with Crippen LogP contribution < -0.4 is 15.0 Å². The van der Waals surface area contributed by atoms with Gasteiger partial charge in [-0.25, -0.2) is 9.37 Å². The molecule has 0 saturated carbocycles. The molecule has 2 fully saturated rings. The van der Waals surface area contributed by atoms with Gasteiger partial charge in [-0.15, -0.1) is 0 Å². The number of hydrogen-bond acceptors (Lipinski definition) is 5. The molecule has 1 N–H and O–H groups in total. The SMILES string of the molecule is O=C(c1cccc(N2CCCNCC2)n1)N1CCC(Oc2ccc(F)cc2)C1. The number of halogens is 1. The lowest BCUT2D eigenvalue weighted by atomic mass is 10.3. The molecule has 7 heteroatoms. The minimum absolute atomic E-state index is 0.0694. The molecule has 2 aliphatic heterocycles. The molecule has 0 aliphatic carbocycles. The topological polar surface area (TPSA) is 57.7 Å². The van der Waals surface area contributed by atoms with E-state index >= 15 is 0 Å². The molecule has 2 aliphatic rings. The maximum absolute atomic E-state index is 13.0. The van der Waals surface area contributed by atoms with Crippen molar-refractivity contribution in [2.24, 2.45) is 0 Å². The third kappa shape index (κ3) is 4.42. The van der Waals surface area contributed by atoms with Gasteiger partial charge in [0.15, 0.2) is 0 Å². The monoisotopic (exact) mass is 384 g/mol. The number of nitrogens with one attached hydrogen (secondary N) is 1. The molecule has 0 spiro atoms.